The molecule has 0 aliphatic carbocycles. The monoisotopic (exact) mass is 442 g/mol. The van der Waals surface area contributed by atoms with Crippen molar-refractivity contribution in [2.45, 2.75) is 31.2 Å². The van der Waals surface area contributed by atoms with Crippen molar-refractivity contribution in [1.82, 2.24) is 23.8 Å². The summed E-state index contributed by atoms with van der Waals surface area (Å²) in [4.78, 5) is 13.7. The predicted molar refractivity (Wildman–Crippen MR) is 102 cm³/mol. The van der Waals surface area contributed by atoms with Gasteiger partial charge in [0.05, 0.1) is 12.9 Å². The topological polar surface area (TPSA) is 163 Å². The van der Waals surface area contributed by atoms with Gasteiger partial charge >= 0.3 is 10.3 Å². The maximum absolute atomic E-state index is 11.4. The first-order valence-electron chi connectivity index (χ1n) is 8.43. The van der Waals surface area contributed by atoms with Gasteiger partial charge in [-0.25, -0.2) is 15.0 Å². The number of thiophene rings is 1. The second-order valence-electron chi connectivity index (χ2n) is 6.37. The Morgan fingerprint density at radius 3 is 2.79 bits per heavy atom. The molecule has 1 saturated heterocycles. The lowest BCUT2D eigenvalue weighted by molar-refractivity contribution is -0.0723. The van der Waals surface area contributed by atoms with Gasteiger partial charge in [0.1, 0.15) is 18.5 Å². The molecular weight excluding hydrogens is 424 g/mol. The number of nitrogens with one attached hydrogen (secondary N) is 1. The van der Waals surface area contributed by atoms with E-state index in [0.29, 0.717) is 27.8 Å². The van der Waals surface area contributed by atoms with Gasteiger partial charge in [-0.3, -0.25) is 9.12 Å². The van der Waals surface area contributed by atoms with Gasteiger partial charge in [-0.05, 0) is 11.4 Å². The van der Waals surface area contributed by atoms with Crippen LogP contribution in [0.15, 0.2) is 30.2 Å². The molecule has 4 atom stereocenters. The number of anilines is 1. The minimum absolute atomic E-state index is 0.320. The Labute approximate surface area is 169 Å². The Kier molecular flexibility index (Phi) is 5.24. The molecule has 0 saturated carbocycles. The number of nitrogens with zero attached hydrogens (tertiary/aromatic N) is 5. The highest BCUT2D eigenvalue weighted by Crippen LogP contribution is 2.34. The van der Waals surface area contributed by atoms with Crippen molar-refractivity contribution < 1.29 is 27.9 Å². The normalized spacial score (nSPS) is 25.1. The molecule has 4 N–H and O–H groups in total. The lowest BCUT2D eigenvalue weighted by atomic mass is 10.2. The Balaban J connectivity index is 1.62. The summed E-state index contributed by atoms with van der Waals surface area (Å²) in [6.07, 6.45) is -3.07. The number of ether oxygens (including phenoxy) is 1. The first-order chi connectivity index (χ1) is 13.8. The van der Waals surface area contributed by atoms with Gasteiger partial charge in [-0.2, -0.15) is 12.7 Å². The third-order valence-corrected chi connectivity index (χ3v) is 6.39. The van der Waals surface area contributed by atoms with E-state index in [-0.39, 0.29) is 0 Å². The molecule has 0 unspecified atom stereocenters. The first-order valence-corrected chi connectivity index (χ1v) is 10.7. The number of hydrogen-bond donors (Lipinski definition) is 4. The maximum Gasteiger partial charge on any atom is 0.337 e. The molecule has 3 aromatic heterocycles. The molecule has 1 aliphatic heterocycles. The van der Waals surface area contributed by atoms with E-state index in [1.165, 1.54) is 17.2 Å². The number of likely N-dealkylation sites (N-methyl/N-ethyl adjacent to an activating group) is 1. The molecule has 14 heteroatoms. The molecule has 1 aliphatic rings. The van der Waals surface area contributed by atoms with Gasteiger partial charge in [0, 0.05) is 11.9 Å². The van der Waals surface area contributed by atoms with Crippen molar-refractivity contribution in [3.63, 3.8) is 0 Å². The van der Waals surface area contributed by atoms with Crippen LogP contribution in [0.5, 0.6) is 0 Å². The summed E-state index contributed by atoms with van der Waals surface area (Å²) < 4.78 is 39.2. The molecule has 12 nitrogen and oxygen atoms in total. The van der Waals surface area contributed by atoms with E-state index in [1.54, 1.807) is 11.3 Å². The summed E-state index contributed by atoms with van der Waals surface area (Å²) in [5, 5.41) is 25.7. The van der Waals surface area contributed by atoms with Gasteiger partial charge in [0.25, 0.3) is 0 Å². The SMILES string of the molecule is CN([C@@H]1O[C@@H](n2cnc3c(NCc4cccs4)ncnc32)[C@H](O)[C@@H]1O)S(=O)(=O)O. The molecule has 4 heterocycles. The van der Waals surface area contributed by atoms with Crippen LogP contribution in [0.4, 0.5) is 5.82 Å². The number of imidazole rings is 1. The van der Waals surface area contributed by atoms with Gasteiger partial charge in [0.2, 0.25) is 0 Å². The Morgan fingerprint density at radius 2 is 2.10 bits per heavy atom. The highest BCUT2D eigenvalue weighted by Gasteiger charge is 2.48. The molecule has 0 radical (unpaired) electrons. The quantitative estimate of drug-likeness (QED) is 0.376. The standard InChI is InChI=1S/C15H18N6O6S2/c1-20(29(24,25)26)14-10(22)11(23)15(27-14)21-7-19-9-12(17-6-18-13(9)21)16-5-8-3-2-4-28-8/h2-4,6-7,10-11,14-15,22-23H,5H2,1H3,(H,16,17,18)(H,24,25,26)/t10-,11+,14+,15+/m0/s1. The fraction of sp³-hybridized carbons (Fsp3) is 0.400. The van der Waals surface area contributed by atoms with Crippen molar-refractivity contribution in [3.05, 3.63) is 35.0 Å². The van der Waals surface area contributed by atoms with Crippen LogP contribution >= 0.6 is 11.3 Å². The van der Waals surface area contributed by atoms with Crippen molar-refractivity contribution in [3.8, 4) is 0 Å². The molecule has 29 heavy (non-hydrogen) atoms. The Morgan fingerprint density at radius 1 is 1.31 bits per heavy atom. The fourth-order valence-electron chi connectivity index (χ4n) is 3.05. The lowest BCUT2D eigenvalue weighted by Crippen LogP contribution is -2.44. The number of aliphatic hydroxyl groups excluding tert-OH is 2. The third kappa shape index (κ3) is 3.71. The van der Waals surface area contributed by atoms with Crippen LogP contribution in [0.25, 0.3) is 11.2 Å². The van der Waals surface area contributed by atoms with Crippen LogP contribution in [0.2, 0.25) is 0 Å². The molecule has 0 aromatic carbocycles. The lowest BCUT2D eigenvalue weighted by Gasteiger charge is -2.22. The second-order valence-corrected chi connectivity index (χ2v) is 8.88. The number of aromatic nitrogens is 4. The summed E-state index contributed by atoms with van der Waals surface area (Å²) >= 11 is 1.59. The van der Waals surface area contributed by atoms with E-state index in [4.69, 9.17) is 4.74 Å². The third-order valence-electron chi connectivity index (χ3n) is 4.58. The largest absolute Gasteiger partial charge is 0.386 e. The van der Waals surface area contributed by atoms with Gasteiger partial charge < -0.3 is 20.3 Å². The molecule has 3 aromatic rings. The maximum atomic E-state index is 11.4. The van der Waals surface area contributed by atoms with Crippen molar-refractivity contribution in [2.75, 3.05) is 12.4 Å². The molecular formula is C15H18N6O6S2. The molecule has 0 amide bonds. The van der Waals surface area contributed by atoms with E-state index in [0.717, 1.165) is 11.9 Å². The minimum atomic E-state index is -4.64. The molecule has 156 valence electrons. The summed E-state index contributed by atoms with van der Waals surface area (Å²) in [5.41, 5.74) is 0.737. The zero-order valence-corrected chi connectivity index (χ0v) is 16.7. The molecule has 0 bridgehead atoms. The average molecular weight is 442 g/mol. The van der Waals surface area contributed by atoms with Gasteiger partial charge in [-0.1, -0.05) is 6.07 Å². The zero-order valence-electron chi connectivity index (χ0n) is 15.0. The summed E-state index contributed by atoms with van der Waals surface area (Å²) in [5.74, 6) is 0.474. The Bertz CT molecular complexity index is 1100. The van der Waals surface area contributed by atoms with Crippen LogP contribution in [0, 0.1) is 0 Å². The first kappa shape index (κ1) is 20.1. The second kappa shape index (κ2) is 7.56. The predicted octanol–water partition coefficient (Wildman–Crippen LogP) is -0.189. The summed E-state index contributed by atoms with van der Waals surface area (Å²) in [6.45, 7) is 0.541. The van der Waals surface area contributed by atoms with Gasteiger partial charge in [0.15, 0.2) is 29.4 Å². The van der Waals surface area contributed by atoms with Crippen molar-refractivity contribution in [2.24, 2.45) is 0 Å². The zero-order chi connectivity index (χ0) is 20.8. The number of hydrogen-bond acceptors (Lipinski definition) is 10. The molecule has 4 rings (SSSR count). The van der Waals surface area contributed by atoms with Crippen LogP contribution in [0.1, 0.15) is 11.1 Å². The van der Waals surface area contributed by atoms with Crippen LogP contribution in [-0.2, 0) is 21.6 Å². The van der Waals surface area contributed by atoms with E-state index < -0.39 is 35.0 Å². The van der Waals surface area contributed by atoms with Crippen LogP contribution < -0.4 is 5.32 Å². The number of aliphatic hydroxyl groups is 2. The number of fused-ring (bicyclic) bond motifs is 1. The van der Waals surface area contributed by atoms with Crippen molar-refractivity contribution in [1.29, 1.82) is 0 Å². The highest BCUT2D eigenvalue weighted by molar-refractivity contribution is 7.83. The smallest absolute Gasteiger partial charge is 0.337 e. The molecule has 0 spiro atoms. The Hall–Kier alpha value is -2.20. The minimum Gasteiger partial charge on any atom is -0.386 e. The van der Waals surface area contributed by atoms with Crippen LogP contribution in [0.3, 0.4) is 0 Å². The van der Waals surface area contributed by atoms with E-state index in [9.17, 15) is 23.2 Å². The summed E-state index contributed by atoms with van der Waals surface area (Å²) in [7, 11) is -3.61. The van der Waals surface area contributed by atoms with E-state index >= 15 is 0 Å². The summed E-state index contributed by atoms with van der Waals surface area (Å²) in [6, 6.07) is 3.92. The molecule has 1 fully saturated rings. The fourth-order valence-corrected chi connectivity index (χ4v) is 4.14. The van der Waals surface area contributed by atoms with E-state index in [1.807, 2.05) is 17.5 Å². The van der Waals surface area contributed by atoms with E-state index in [2.05, 4.69) is 20.3 Å². The number of rotatable bonds is 6. The van der Waals surface area contributed by atoms with Gasteiger partial charge in [-0.15, -0.1) is 11.3 Å². The average Bonchev–Trinajstić information content (AvgIpc) is 3.40. The highest BCUT2D eigenvalue weighted by atomic mass is 32.2. The van der Waals surface area contributed by atoms with Crippen LogP contribution in [-0.4, -0.2) is 72.5 Å². The van der Waals surface area contributed by atoms with Crippen molar-refractivity contribution >= 4 is 38.6 Å².